The second kappa shape index (κ2) is 6.88. The molecule has 2 aromatic carbocycles. The van der Waals surface area contributed by atoms with E-state index in [2.05, 4.69) is 15.9 Å². The largest absolute Gasteiger partial charge is 0.497 e. The molecule has 0 unspecified atom stereocenters. The number of carbonyl (C=O) groups excluding carboxylic acids is 2. The van der Waals surface area contributed by atoms with Crippen LogP contribution in [0.1, 0.15) is 37.4 Å². The van der Waals surface area contributed by atoms with Crippen LogP contribution in [0.25, 0.3) is 0 Å². The third kappa shape index (κ3) is 2.80. The molecule has 0 amide bonds. The Bertz CT molecular complexity index is 873. The van der Waals surface area contributed by atoms with Crippen LogP contribution in [-0.2, 0) is 6.42 Å². The van der Waals surface area contributed by atoms with Gasteiger partial charge in [0.25, 0.3) is 0 Å². The number of benzene rings is 2. The maximum Gasteiger partial charge on any atom is 0.201 e. The molecule has 0 radical (unpaired) electrons. The summed E-state index contributed by atoms with van der Waals surface area (Å²) < 4.78 is 15.9. The van der Waals surface area contributed by atoms with Crippen molar-refractivity contribution < 1.29 is 23.8 Å². The van der Waals surface area contributed by atoms with Crippen LogP contribution in [0.4, 0.5) is 0 Å². The van der Waals surface area contributed by atoms with E-state index in [0.717, 1.165) is 17.3 Å². The lowest BCUT2D eigenvalue weighted by atomic mass is 9.82. The summed E-state index contributed by atoms with van der Waals surface area (Å²) in [6, 6.07) is 6.73. The van der Waals surface area contributed by atoms with Crippen LogP contribution in [0.2, 0.25) is 0 Å². The number of fused-ring (bicyclic) bond motifs is 2. The maximum absolute atomic E-state index is 13.1. The van der Waals surface area contributed by atoms with Crippen molar-refractivity contribution in [2.24, 2.45) is 0 Å². The number of hydrogen-bond acceptors (Lipinski definition) is 5. The molecule has 0 fully saturated rings. The van der Waals surface area contributed by atoms with Crippen molar-refractivity contribution in [3.8, 4) is 17.2 Å². The Balaban J connectivity index is 2.29. The SMILES string of the molecule is COc1cc(OC)c2c(c1)C(=O)c1cc(CCBr)cc(OC)c1C2=O. The highest BCUT2D eigenvalue weighted by Gasteiger charge is 2.35. The zero-order chi connectivity index (χ0) is 18.1. The monoisotopic (exact) mass is 404 g/mol. The summed E-state index contributed by atoms with van der Waals surface area (Å²) in [7, 11) is 4.45. The van der Waals surface area contributed by atoms with Gasteiger partial charge in [0, 0.05) is 22.5 Å². The molecule has 0 aromatic heterocycles. The van der Waals surface area contributed by atoms with E-state index < -0.39 is 0 Å². The molecule has 1 aliphatic rings. The van der Waals surface area contributed by atoms with Gasteiger partial charge in [0.05, 0.1) is 32.5 Å². The van der Waals surface area contributed by atoms with E-state index in [1.807, 2.05) is 0 Å². The Kier molecular flexibility index (Phi) is 4.81. The van der Waals surface area contributed by atoms with Crippen molar-refractivity contribution in [3.63, 3.8) is 0 Å². The highest BCUT2D eigenvalue weighted by atomic mass is 79.9. The fraction of sp³-hybridized carbons (Fsp3) is 0.263. The molecule has 25 heavy (non-hydrogen) atoms. The molecule has 0 aliphatic heterocycles. The summed E-state index contributed by atoms with van der Waals surface area (Å²) in [5.74, 6) is 0.645. The molecule has 0 N–H and O–H groups in total. The van der Waals surface area contributed by atoms with Gasteiger partial charge in [-0.1, -0.05) is 15.9 Å². The minimum absolute atomic E-state index is 0.239. The average molecular weight is 405 g/mol. The minimum Gasteiger partial charge on any atom is -0.497 e. The van der Waals surface area contributed by atoms with Crippen LogP contribution >= 0.6 is 15.9 Å². The minimum atomic E-state index is -0.286. The van der Waals surface area contributed by atoms with E-state index in [-0.39, 0.29) is 28.3 Å². The fourth-order valence-corrected chi connectivity index (χ4v) is 3.51. The molecule has 130 valence electrons. The lowest BCUT2D eigenvalue weighted by molar-refractivity contribution is 0.0973. The molecule has 0 saturated heterocycles. The highest BCUT2D eigenvalue weighted by molar-refractivity contribution is 9.09. The number of methoxy groups -OCH3 is 3. The number of ether oxygens (including phenoxy) is 3. The number of halogens is 1. The lowest BCUT2D eigenvalue weighted by Crippen LogP contribution is -2.23. The molecule has 2 aromatic rings. The summed E-state index contributed by atoms with van der Waals surface area (Å²) in [4.78, 5) is 26.2. The van der Waals surface area contributed by atoms with Gasteiger partial charge in [0.2, 0.25) is 5.78 Å². The standard InChI is InChI=1S/C19H17BrO5/c1-23-11-8-13-17(15(9-11)25-3)19(22)16-12(18(13)21)6-10(4-5-20)7-14(16)24-2/h6-9H,4-5H2,1-3H3. The maximum atomic E-state index is 13.1. The van der Waals surface area contributed by atoms with Crippen molar-refractivity contribution in [1.29, 1.82) is 0 Å². The van der Waals surface area contributed by atoms with E-state index in [0.29, 0.717) is 22.8 Å². The number of hydrogen-bond donors (Lipinski definition) is 0. The first-order valence-electron chi connectivity index (χ1n) is 7.68. The van der Waals surface area contributed by atoms with Crippen molar-refractivity contribution >= 4 is 27.5 Å². The lowest BCUT2D eigenvalue weighted by Gasteiger charge is -2.23. The summed E-state index contributed by atoms with van der Waals surface area (Å²) in [6.07, 6.45) is 0.722. The molecule has 0 atom stereocenters. The van der Waals surface area contributed by atoms with E-state index in [4.69, 9.17) is 14.2 Å². The number of rotatable bonds is 5. The first-order valence-corrected chi connectivity index (χ1v) is 8.80. The summed E-state index contributed by atoms with van der Waals surface area (Å²) >= 11 is 3.39. The molecule has 5 nitrogen and oxygen atoms in total. The zero-order valence-corrected chi connectivity index (χ0v) is 15.7. The normalized spacial score (nSPS) is 12.5. The van der Waals surface area contributed by atoms with Crippen LogP contribution in [-0.4, -0.2) is 38.2 Å². The third-order valence-corrected chi connectivity index (χ3v) is 4.64. The first kappa shape index (κ1) is 17.5. The van der Waals surface area contributed by atoms with Gasteiger partial charge in [-0.2, -0.15) is 0 Å². The van der Waals surface area contributed by atoms with Crippen molar-refractivity contribution in [1.82, 2.24) is 0 Å². The number of alkyl halides is 1. The van der Waals surface area contributed by atoms with E-state index in [9.17, 15) is 9.59 Å². The van der Waals surface area contributed by atoms with Crippen molar-refractivity contribution in [2.75, 3.05) is 26.7 Å². The Morgan fingerprint density at radius 2 is 1.40 bits per heavy atom. The highest BCUT2D eigenvalue weighted by Crippen LogP contribution is 2.40. The van der Waals surface area contributed by atoms with Crippen molar-refractivity contribution in [3.05, 3.63) is 52.1 Å². The molecule has 0 saturated carbocycles. The molecule has 0 spiro atoms. The Hall–Kier alpha value is -2.34. The quantitative estimate of drug-likeness (QED) is 0.609. The van der Waals surface area contributed by atoms with E-state index in [1.54, 1.807) is 24.3 Å². The first-order chi connectivity index (χ1) is 12.0. The van der Waals surface area contributed by atoms with Gasteiger partial charge in [0.1, 0.15) is 17.2 Å². The van der Waals surface area contributed by atoms with E-state index in [1.165, 1.54) is 21.3 Å². The van der Waals surface area contributed by atoms with Crippen LogP contribution in [0.3, 0.4) is 0 Å². The van der Waals surface area contributed by atoms with Crippen molar-refractivity contribution in [2.45, 2.75) is 6.42 Å². The Labute approximate surface area is 154 Å². The van der Waals surface area contributed by atoms with Gasteiger partial charge >= 0.3 is 0 Å². The summed E-state index contributed by atoms with van der Waals surface area (Å²) in [6.45, 7) is 0. The number of ketones is 2. The van der Waals surface area contributed by atoms with E-state index >= 15 is 0 Å². The Morgan fingerprint density at radius 1 is 0.800 bits per heavy atom. The average Bonchev–Trinajstić information content (AvgIpc) is 2.64. The smallest absolute Gasteiger partial charge is 0.201 e. The molecule has 0 bridgehead atoms. The van der Waals surface area contributed by atoms with Gasteiger partial charge in [0.15, 0.2) is 5.78 Å². The second-order valence-electron chi connectivity index (χ2n) is 5.57. The van der Waals surface area contributed by atoms with Crippen LogP contribution in [0.15, 0.2) is 24.3 Å². The topological polar surface area (TPSA) is 61.8 Å². The van der Waals surface area contributed by atoms with Crippen LogP contribution in [0, 0.1) is 0 Å². The van der Waals surface area contributed by atoms with Gasteiger partial charge in [-0.25, -0.2) is 0 Å². The molecule has 3 rings (SSSR count). The third-order valence-electron chi connectivity index (χ3n) is 4.24. The summed E-state index contributed by atoms with van der Waals surface area (Å²) in [5.41, 5.74) is 2.08. The molecule has 0 heterocycles. The molecule has 1 aliphatic carbocycles. The Morgan fingerprint density at radius 3 is 1.96 bits per heavy atom. The van der Waals surface area contributed by atoms with Crippen LogP contribution < -0.4 is 14.2 Å². The molecular weight excluding hydrogens is 388 g/mol. The summed E-state index contributed by atoms with van der Waals surface area (Å²) in [5, 5.41) is 0.745. The van der Waals surface area contributed by atoms with Gasteiger partial charge in [-0.05, 0) is 30.2 Å². The predicted molar refractivity (Wildman–Crippen MR) is 96.9 cm³/mol. The van der Waals surface area contributed by atoms with Gasteiger partial charge < -0.3 is 14.2 Å². The van der Waals surface area contributed by atoms with Crippen LogP contribution in [0.5, 0.6) is 17.2 Å². The zero-order valence-electron chi connectivity index (χ0n) is 14.1. The second-order valence-corrected chi connectivity index (χ2v) is 6.36. The fourth-order valence-electron chi connectivity index (χ4n) is 3.05. The number of carbonyl (C=O) groups is 2. The predicted octanol–water partition coefficient (Wildman–Crippen LogP) is 3.43. The van der Waals surface area contributed by atoms with Gasteiger partial charge in [-0.3, -0.25) is 9.59 Å². The molecule has 6 heteroatoms. The van der Waals surface area contributed by atoms with Gasteiger partial charge in [-0.15, -0.1) is 0 Å². The molecular formula is C19H17BrO5. The number of aryl methyl sites for hydroxylation is 1.